The Labute approximate surface area is 147 Å². The van der Waals surface area contributed by atoms with Gasteiger partial charge in [0, 0.05) is 6.04 Å². The highest BCUT2D eigenvalue weighted by atomic mass is 16.3. The van der Waals surface area contributed by atoms with Crippen molar-refractivity contribution >= 4 is 0 Å². The molecule has 3 nitrogen and oxygen atoms in total. The summed E-state index contributed by atoms with van der Waals surface area (Å²) in [5.41, 5.74) is 1.11. The average molecular weight is 334 g/mol. The van der Waals surface area contributed by atoms with Gasteiger partial charge in [0.05, 0.1) is 6.10 Å². The summed E-state index contributed by atoms with van der Waals surface area (Å²) in [5.74, 6) is 1.65. The van der Waals surface area contributed by atoms with Crippen LogP contribution in [0.3, 0.4) is 0 Å². The molecule has 0 amide bonds. The molecule has 24 heavy (non-hydrogen) atoms. The Morgan fingerprint density at radius 3 is 2.42 bits per heavy atom. The van der Waals surface area contributed by atoms with E-state index >= 15 is 0 Å². The number of aliphatic hydroxyl groups is 1. The van der Waals surface area contributed by atoms with Crippen LogP contribution in [-0.2, 0) is 6.42 Å². The lowest BCUT2D eigenvalue weighted by atomic mass is 9.94. The third-order valence-corrected chi connectivity index (χ3v) is 4.79. The monoisotopic (exact) mass is 333 g/mol. The molecule has 0 fully saturated rings. The minimum absolute atomic E-state index is 0.0282. The first-order chi connectivity index (χ1) is 11.5. The second-order valence-corrected chi connectivity index (χ2v) is 7.06. The van der Waals surface area contributed by atoms with E-state index in [9.17, 15) is 10.2 Å². The number of hydrogen-bond acceptors (Lipinski definition) is 3. The summed E-state index contributed by atoms with van der Waals surface area (Å²) in [6, 6.07) is 7.22. The zero-order chi connectivity index (χ0) is 17.9. The summed E-state index contributed by atoms with van der Waals surface area (Å²) >= 11 is 0. The molecular weight excluding hydrogens is 298 g/mol. The Morgan fingerprint density at radius 1 is 1.17 bits per heavy atom. The number of hydrogen-bond donors (Lipinski definition) is 3. The molecule has 0 saturated carbocycles. The van der Waals surface area contributed by atoms with Crippen molar-refractivity contribution in [3.8, 4) is 5.75 Å². The van der Waals surface area contributed by atoms with E-state index in [-0.39, 0.29) is 17.9 Å². The van der Waals surface area contributed by atoms with E-state index in [0.717, 1.165) is 30.7 Å². The van der Waals surface area contributed by atoms with Crippen molar-refractivity contribution < 1.29 is 10.2 Å². The first-order valence-electron chi connectivity index (χ1n) is 9.26. The van der Waals surface area contributed by atoms with Crippen LogP contribution < -0.4 is 5.32 Å². The molecule has 0 heterocycles. The van der Waals surface area contributed by atoms with Gasteiger partial charge in [0.2, 0.25) is 0 Å². The van der Waals surface area contributed by atoms with Crippen LogP contribution in [0.25, 0.3) is 0 Å². The average Bonchev–Trinajstić information content (AvgIpc) is 2.57. The predicted molar refractivity (Wildman–Crippen MR) is 102 cm³/mol. The molecule has 1 aromatic carbocycles. The highest BCUT2D eigenvalue weighted by Crippen LogP contribution is 2.17. The van der Waals surface area contributed by atoms with Crippen molar-refractivity contribution in [3.05, 3.63) is 42.0 Å². The number of aliphatic hydroxyl groups excluding tert-OH is 1. The van der Waals surface area contributed by atoms with Crippen LogP contribution in [0, 0.1) is 11.8 Å². The van der Waals surface area contributed by atoms with E-state index in [2.05, 4.69) is 38.2 Å². The summed E-state index contributed by atoms with van der Waals surface area (Å²) in [6.07, 6.45) is 9.00. The molecule has 0 saturated heterocycles. The van der Waals surface area contributed by atoms with Crippen LogP contribution in [0.4, 0.5) is 0 Å². The van der Waals surface area contributed by atoms with E-state index in [1.165, 1.54) is 12.8 Å². The molecule has 4 atom stereocenters. The molecular formula is C21H35NO2. The smallest absolute Gasteiger partial charge is 0.115 e. The fraction of sp³-hybridized carbons (Fsp3) is 0.619. The van der Waals surface area contributed by atoms with Gasteiger partial charge in [-0.25, -0.2) is 0 Å². The van der Waals surface area contributed by atoms with Crippen LogP contribution >= 0.6 is 0 Å². The molecule has 0 aliphatic carbocycles. The molecule has 0 aliphatic rings. The molecule has 1 rings (SSSR count). The number of phenolic OH excluding ortho intramolecular Hbond substituents is 1. The van der Waals surface area contributed by atoms with Gasteiger partial charge in [-0.3, -0.25) is 0 Å². The number of rotatable bonds is 11. The standard InChI is InChI=1S/C21H35NO2/c1-5-16(2)14-17(3)8-6-7-9-21(24)20(22-4)15-18-10-12-19(23)13-11-18/h6,8,10-13,16-17,20-24H,5,7,9,14-15H2,1-4H3/b8-6+/t16-,17-,20-,21-/m0/s1. The van der Waals surface area contributed by atoms with Crippen LogP contribution in [0.15, 0.2) is 36.4 Å². The molecule has 3 N–H and O–H groups in total. The van der Waals surface area contributed by atoms with Gasteiger partial charge in [-0.15, -0.1) is 0 Å². The van der Waals surface area contributed by atoms with Crippen molar-refractivity contribution in [2.75, 3.05) is 7.05 Å². The summed E-state index contributed by atoms with van der Waals surface area (Å²) in [7, 11) is 1.89. The van der Waals surface area contributed by atoms with E-state index in [1.54, 1.807) is 12.1 Å². The molecule has 0 bridgehead atoms. The van der Waals surface area contributed by atoms with Crippen molar-refractivity contribution in [1.29, 1.82) is 0 Å². The number of aromatic hydroxyl groups is 1. The SMILES string of the molecule is CC[C@H](C)C[C@@H](C)/C=C/CC[C@H](O)[C@H](Cc1ccc(O)cc1)NC. The molecule has 0 aromatic heterocycles. The molecule has 0 unspecified atom stereocenters. The Morgan fingerprint density at radius 2 is 1.83 bits per heavy atom. The number of benzene rings is 1. The molecule has 3 heteroatoms. The Hall–Kier alpha value is -1.32. The van der Waals surface area contributed by atoms with Gasteiger partial charge in [0.15, 0.2) is 0 Å². The van der Waals surface area contributed by atoms with Gasteiger partial charge in [-0.1, -0.05) is 51.5 Å². The Kier molecular flexibility index (Phi) is 9.73. The number of nitrogens with one attached hydrogen (secondary N) is 1. The lowest BCUT2D eigenvalue weighted by Crippen LogP contribution is -2.39. The molecule has 0 spiro atoms. The van der Waals surface area contributed by atoms with Crippen molar-refractivity contribution in [3.63, 3.8) is 0 Å². The second kappa shape index (κ2) is 11.3. The van der Waals surface area contributed by atoms with Crippen LogP contribution in [0.5, 0.6) is 5.75 Å². The lowest BCUT2D eigenvalue weighted by Gasteiger charge is -2.22. The van der Waals surface area contributed by atoms with Crippen molar-refractivity contribution in [2.24, 2.45) is 11.8 Å². The molecule has 1 aromatic rings. The maximum atomic E-state index is 10.4. The highest BCUT2D eigenvalue weighted by Gasteiger charge is 2.17. The Balaban J connectivity index is 2.38. The zero-order valence-corrected chi connectivity index (χ0v) is 15.7. The zero-order valence-electron chi connectivity index (χ0n) is 15.7. The van der Waals surface area contributed by atoms with E-state index in [4.69, 9.17) is 0 Å². The first kappa shape index (κ1) is 20.7. The van der Waals surface area contributed by atoms with Crippen molar-refractivity contribution in [2.45, 2.75) is 65.0 Å². The second-order valence-electron chi connectivity index (χ2n) is 7.06. The fourth-order valence-electron chi connectivity index (χ4n) is 2.99. The predicted octanol–water partition coefficient (Wildman–Crippen LogP) is 4.29. The first-order valence-corrected chi connectivity index (χ1v) is 9.26. The summed E-state index contributed by atoms with van der Waals surface area (Å²) in [6.45, 7) is 6.80. The van der Waals surface area contributed by atoms with E-state index < -0.39 is 0 Å². The summed E-state index contributed by atoms with van der Waals surface area (Å²) < 4.78 is 0. The van der Waals surface area contributed by atoms with Crippen LogP contribution in [0.1, 0.15) is 52.0 Å². The maximum absolute atomic E-state index is 10.4. The molecule has 136 valence electrons. The lowest BCUT2D eigenvalue weighted by molar-refractivity contribution is 0.122. The van der Waals surface area contributed by atoms with E-state index in [1.807, 2.05) is 19.2 Å². The fourth-order valence-corrected chi connectivity index (χ4v) is 2.99. The van der Waals surface area contributed by atoms with Gasteiger partial charge in [-0.2, -0.15) is 0 Å². The normalized spacial score (nSPS) is 16.9. The number of allylic oxidation sites excluding steroid dienone is 2. The van der Waals surface area contributed by atoms with E-state index in [0.29, 0.717) is 5.92 Å². The number of likely N-dealkylation sites (N-methyl/N-ethyl adjacent to an activating group) is 1. The Bertz CT molecular complexity index is 469. The van der Waals surface area contributed by atoms with Gasteiger partial charge in [0.25, 0.3) is 0 Å². The highest BCUT2D eigenvalue weighted by molar-refractivity contribution is 5.26. The minimum atomic E-state index is -0.377. The third-order valence-electron chi connectivity index (χ3n) is 4.79. The van der Waals surface area contributed by atoms with Gasteiger partial charge < -0.3 is 15.5 Å². The van der Waals surface area contributed by atoms with Crippen LogP contribution in [-0.4, -0.2) is 29.4 Å². The van der Waals surface area contributed by atoms with Crippen LogP contribution in [0.2, 0.25) is 0 Å². The topological polar surface area (TPSA) is 52.5 Å². The van der Waals surface area contributed by atoms with Crippen molar-refractivity contribution in [1.82, 2.24) is 5.32 Å². The van der Waals surface area contributed by atoms with Gasteiger partial charge >= 0.3 is 0 Å². The molecule has 0 radical (unpaired) electrons. The van der Waals surface area contributed by atoms with Gasteiger partial charge in [-0.05, 0) is 62.3 Å². The molecule has 0 aliphatic heterocycles. The third kappa shape index (κ3) is 7.98. The number of phenols is 1. The summed E-state index contributed by atoms with van der Waals surface area (Å²) in [4.78, 5) is 0. The maximum Gasteiger partial charge on any atom is 0.115 e. The minimum Gasteiger partial charge on any atom is -0.508 e. The summed E-state index contributed by atoms with van der Waals surface area (Å²) in [5, 5.41) is 23.0. The van der Waals surface area contributed by atoms with Gasteiger partial charge in [0.1, 0.15) is 5.75 Å². The quantitative estimate of drug-likeness (QED) is 0.529. The largest absolute Gasteiger partial charge is 0.508 e.